The zero-order chi connectivity index (χ0) is 18.8. The van der Waals surface area contributed by atoms with Crippen molar-refractivity contribution in [2.75, 3.05) is 0 Å². The highest BCUT2D eigenvalue weighted by molar-refractivity contribution is 5.98. The zero-order valence-electron chi connectivity index (χ0n) is 15.1. The van der Waals surface area contributed by atoms with E-state index in [1.54, 1.807) is 10.9 Å². The van der Waals surface area contributed by atoms with Crippen molar-refractivity contribution in [3.05, 3.63) is 71.9 Å². The van der Waals surface area contributed by atoms with E-state index in [1.807, 2.05) is 61.5 Å². The Kier molecular flexibility index (Phi) is 4.59. The number of para-hydroxylation sites is 1. The molecule has 1 aromatic heterocycles. The molecular weight excluding hydrogens is 340 g/mol. The lowest BCUT2D eigenvalue weighted by molar-refractivity contribution is -0.124. The van der Waals surface area contributed by atoms with Gasteiger partial charge in [-0.1, -0.05) is 48.0 Å². The number of carbonyl (C=O) groups excluding carboxylic acids is 2. The zero-order valence-corrected chi connectivity index (χ0v) is 15.1. The molecule has 0 spiro atoms. The summed E-state index contributed by atoms with van der Waals surface area (Å²) in [5.41, 5.74) is 3.72. The molecule has 1 atom stereocenters. The summed E-state index contributed by atoms with van der Waals surface area (Å²) >= 11 is 0. The molecule has 0 amide bonds. The van der Waals surface area contributed by atoms with Crippen molar-refractivity contribution < 1.29 is 14.3 Å². The normalized spacial score (nSPS) is 16.5. The van der Waals surface area contributed by atoms with Gasteiger partial charge in [-0.3, -0.25) is 4.79 Å². The maximum Gasteiger partial charge on any atom is 0.342 e. The fourth-order valence-corrected chi connectivity index (χ4v) is 3.26. The van der Waals surface area contributed by atoms with Gasteiger partial charge in [0.25, 0.3) is 0 Å². The number of benzene rings is 2. The van der Waals surface area contributed by atoms with E-state index < -0.39 is 12.1 Å². The van der Waals surface area contributed by atoms with Gasteiger partial charge in [0, 0.05) is 18.2 Å². The third kappa shape index (κ3) is 3.53. The SMILES string of the molecule is Cc1ccc(-c2nn(-c3ccccc3)cc2C(=O)O[C@@H]2CCCC2=O)cc1. The number of aromatic nitrogens is 2. The molecule has 0 aliphatic heterocycles. The fourth-order valence-electron chi connectivity index (χ4n) is 3.26. The predicted molar refractivity (Wildman–Crippen MR) is 102 cm³/mol. The van der Waals surface area contributed by atoms with Gasteiger partial charge in [0.15, 0.2) is 11.9 Å². The van der Waals surface area contributed by atoms with Crippen LogP contribution in [0.2, 0.25) is 0 Å². The molecule has 27 heavy (non-hydrogen) atoms. The summed E-state index contributed by atoms with van der Waals surface area (Å²) in [5.74, 6) is -0.510. The van der Waals surface area contributed by atoms with E-state index in [4.69, 9.17) is 4.74 Å². The first-order valence-corrected chi connectivity index (χ1v) is 9.07. The summed E-state index contributed by atoms with van der Waals surface area (Å²) in [4.78, 5) is 24.7. The predicted octanol–water partition coefficient (Wildman–Crippen LogP) is 4.13. The lowest BCUT2D eigenvalue weighted by Gasteiger charge is -2.10. The summed E-state index contributed by atoms with van der Waals surface area (Å²) in [6.45, 7) is 2.01. The maximum atomic E-state index is 12.8. The Labute approximate surface area is 157 Å². The van der Waals surface area contributed by atoms with E-state index in [0.29, 0.717) is 24.1 Å². The van der Waals surface area contributed by atoms with Crippen LogP contribution in [0, 0.1) is 6.92 Å². The summed E-state index contributed by atoms with van der Waals surface area (Å²) in [6.07, 6.45) is 2.88. The number of rotatable bonds is 4. The first-order valence-electron chi connectivity index (χ1n) is 9.07. The van der Waals surface area contributed by atoms with Gasteiger partial charge in [0.1, 0.15) is 11.3 Å². The quantitative estimate of drug-likeness (QED) is 0.657. The summed E-state index contributed by atoms with van der Waals surface area (Å²) < 4.78 is 7.17. The van der Waals surface area contributed by atoms with Crippen molar-refractivity contribution in [3.63, 3.8) is 0 Å². The van der Waals surface area contributed by atoms with Gasteiger partial charge >= 0.3 is 5.97 Å². The highest BCUT2D eigenvalue weighted by Gasteiger charge is 2.30. The number of esters is 1. The minimum atomic E-state index is -0.636. The van der Waals surface area contributed by atoms with Gasteiger partial charge in [0.2, 0.25) is 0 Å². The van der Waals surface area contributed by atoms with Gasteiger partial charge in [-0.05, 0) is 31.9 Å². The Morgan fingerprint density at radius 2 is 1.85 bits per heavy atom. The van der Waals surface area contributed by atoms with Crippen LogP contribution in [0.1, 0.15) is 35.2 Å². The van der Waals surface area contributed by atoms with Crippen LogP contribution in [-0.2, 0) is 9.53 Å². The van der Waals surface area contributed by atoms with E-state index in [-0.39, 0.29) is 5.78 Å². The van der Waals surface area contributed by atoms with Crippen molar-refractivity contribution in [1.82, 2.24) is 9.78 Å². The van der Waals surface area contributed by atoms with Crippen LogP contribution < -0.4 is 0 Å². The van der Waals surface area contributed by atoms with E-state index in [0.717, 1.165) is 23.2 Å². The van der Waals surface area contributed by atoms with Crippen LogP contribution in [0.25, 0.3) is 16.9 Å². The van der Waals surface area contributed by atoms with E-state index in [2.05, 4.69) is 5.10 Å². The van der Waals surface area contributed by atoms with E-state index in [9.17, 15) is 9.59 Å². The fraction of sp³-hybridized carbons (Fsp3) is 0.227. The van der Waals surface area contributed by atoms with Gasteiger partial charge in [-0.15, -0.1) is 0 Å². The molecular formula is C22H20N2O3. The molecule has 1 fully saturated rings. The van der Waals surface area contributed by atoms with Crippen molar-refractivity contribution in [3.8, 4) is 16.9 Å². The van der Waals surface area contributed by atoms with Gasteiger partial charge in [-0.2, -0.15) is 5.10 Å². The second kappa shape index (κ2) is 7.19. The molecule has 0 saturated heterocycles. The monoisotopic (exact) mass is 360 g/mol. The first-order chi connectivity index (χ1) is 13.1. The second-order valence-electron chi connectivity index (χ2n) is 6.79. The van der Waals surface area contributed by atoms with E-state index in [1.165, 1.54) is 0 Å². The van der Waals surface area contributed by atoms with E-state index >= 15 is 0 Å². The van der Waals surface area contributed by atoms with Gasteiger partial charge < -0.3 is 4.74 Å². The number of nitrogens with zero attached hydrogens (tertiary/aromatic N) is 2. The lowest BCUT2D eigenvalue weighted by atomic mass is 10.1. The number of hydrogen-bond donors (Lipinski definition) is 0. The molecule has 0 radical (unpaired) electrons. The number of carbonyl (C=O) groups is 2. The van der Waals surface area contributed by atoms with Crippen LogP contribution in [0.5, 0.6) is 0 Å². The van der Waals surface area contributed by atoms with Gasteiger partial charge in [0.05, 0.1) is 5.69 Å². The molecule has 2 aromatic carbocycles. The lowest BCUT2D eigenvalue weighted by Crippen LogP contribution is -2.22. The van der Waals surface area contributed by atoms with Crippen LogP contribution in [0.4, 0.5) is 0 Å². The maximum absolute atomic E-state index is 12.8. The van der Waals surface area contributed by atoms with Crippen molar-refractivity contribution in [1.29, 1.82) is 0 Å². The Hall–Kier alpha value is -3.21. The summed E-state index contributed by atoms with van der Waals surface area (Å²) in [6, 6.07) is 17.4. The molecule has 4 rings (SSSR count). The largest absolute Gasteiger partial charge is 0.451 e. The second-order valence-corrected chi connectivity index (χ2v) is 6.79. The molecule has 0 bridgehead atoms. The Morgan fingerprint density at radius 1 is 1.11 bits per heavy atom. The third-order valence-electron chi connectivity index (χ3n) is 4.78. The number of Topliss-reactive ketones (excluding diaryl/α,β-unsaturated/α-hetero) is 1. The molecule has 1 saturated carbocycles. The first kappa shape index (κ1) is 17.2. The molecule has 1 aliphatic carbocycles. The summed E-state index contributed by atoms with van der Waals surface area (Å²) in [5, 5.41) is 4.63. The Morgan fingerprint density at radius 3 is 2.52 bits per heavy atom. The molecule has 0 unspecified atom stereocenters. The molecule has 136 valence electrons. The number of ether oxygens (including phenoxy) is 1. The summed E-state index contributed by atoms with van der Waals surface area (Å²) in [7, 11) is 0. The van der Waals surface area contributed by atoms with Crippen LogP contribution in [0.3, 0.4) is 0 Å². The Balaban J connectivity index is 1.73. The molecule has 1 aliphatic rings. The topological polar surface area (TPSA) is 61.2 Å². The van der Waals surface area contributed by atoms with Crippen molar-refractivity contribution >= 4 is 11.8 Å². The van der Waals surface area contributed by atoms with Crippen LogP contribution in [-0.4, -0.2) is 27.6 Å². The van der Waals surface area contributed by atoms with Gasteiger partial charge in [-0.25, -0.2) is 9.48 Å². The molecule has 5 nitrogen and oxygen atoms in total. The van der Waals surface area contributed by atoms with Crippen molar-refractivity contribution in [2.45, 2.75) is 32.3 Å². The average Bonchev–Trinajstić information content (AvgIpc) is 3.30. The third-order valence-corrected chi connectivity index (χ3v) is 4.78. The highest BCUT2D eigenvalue weighted by Crippen LogP contribution is 2.27. The number of hydrogen-bond acceptors (Lipinski definition) is 4. The average molecular weight is 360 g/mol. The highest BCUT2D eigenvalue weighted by atomic mass is 16.5. The minimum Gasteiger partial charge on any atom is -0.451 e. The standard InChI is InChI=1S/C22H20N2O3/c1-15-10-12-16(13-11-15)21-18(22(26)27-20-9-5-8-19(20)25)14-24(23-21)17-6-3-2-4-7-17/h2-4,6-7,10-14,20H,5,8-9H2,1H3/t20-/m1/s1. The molecule has 1 heterocycles. The van der Waals surface area contributed by atoms with Crippen molar-refractivity contribution in [2.24, 2.45) is 0 Å². The smallest absolute Gasteiger partial charge is 0.342 e. The number of aryl methyl sites for hydroxylation is 1. The van der Waals surface area contributed by atoms with Crippen LogP contribution >= 0.6 is 0 Å². The molecule has 0 N–H and O–H groups in total. The Bertz CT molecular complexity index is 975. The number of ketones is 1. The minimum absolute atomic E-state index is 0.00399. The molecule has 5 heteroatoms. The van der Waals surface area contributed by atoms with Crippen LogP contribution in [0.15, 0.2) is 60.8 Å². The molecule has 3 aromatic rings.